The highest BCUT2D eigenvalue weighted by molar-refractivity contribution is 5.76. The Labute approximate surface area is 304 Å². The van der Waals surface area contributed by atoms with Gasteiger partial charge in [-0.15, -0.1) is 0 Å². The van der Waals surface area contributed by atoms with E-state index < -0.39 is 12.1 Å². The van der Waals surface area contributed by atoms with E-state index in [1.54, 1.807) is 0 Å². The Morgan fingerprint density at radius 1 is 0.740 bits per heavy atom. The van der Waals surface area contributed by atoms with E-state index in [1.807, 2.05) is 0 Å². The average Bonchev–Trinajstić information content (AvgIpc) is 3.45. The van der Waals surface area contributed by atoms with Gasteiger partial charge < -0.3 is 32.4 Å². The summed E-state index contributed by atoms with van der Waals surface area (Å²) in [6.45, 7) is 21.1. The molecule has 0 bridgehead atoms. The molecule has 0 aliphatic heterocycles. The molecule has 0 heterocycles. The van der Waals surface area contributed by atoms with Crippen LogP contribution in [0, 0.1) is 56.7 Å². The quantitative estimate of drug-likeness (QED) is 0.0857. The summed E-state index contributed by atoms with van der Waals surface area (Å²) < 4.78 is 12.4. The van der Waals surface area contributed by atoms with E-state index in [4.69, 9.17) is 32.4 Å². The van der Waals surface area contributed by atoms with Crippen molar-refractivity contribution >= 4 is 11.9 Å². The van der Waals surface area contributed by atoms with Gasteiger partial charge in [0.15, 0.2) is 0 Å². The number of hydrogen-bond acceptors (Lipinski definition) is 8. The third kappa shape index (κ3) is 6.75. The molecule has 286 valence electrons. The monoisotopic (exact) mass is 699 g/mol. The Hall–Kier alpha value is -1.48. The summed E-state index contributed by atoms with van der Waals surface area (Å²) in [5, 5.41) is 0. The van der Waals surface area contributed by atoms with Gasteiger partial charge in [-0.25, -0.2) is 0 Å². The van der Waals surface area contributed by atoms with E-state index in [9.17, 15) is 9.59 Å². The van der Waals surface area contributed by atoms with Crippen LogP contribution < -0.4 is 22.9 Å². The Balaban J connectivity index is 1.35. The smallest absolute Gasteiger partial charge is 0.323 e. The molecule has 5 aliphatic rings. The lowest BCUT2D eigenvalue weighted by atomic mass is 9.32. The van der Waals surface area contributed by atoms with Gasteiger partial charge in [0.05, 0.1) is 6.61 Å². The highest BCUT2D eigenvalue weighted by Crippen LogP contribution is 2.77. The topological polar surface area (TPSA) is 157 Å². The van der Waals surface area contributed by atoms with E-state index in [1.165, 1.54) is 31.3 Å². The lowest BCUT2D eigenvalue weighted by molar-refractivity contribution is -0.252. The fourth-order valence-corrected chi connectivity index (χ4v) is 13.5. The maximum Gasteiger partial charge on any atom is 0.323 e. The molecule has 0 radical (unpaired) electrons. The summed E-state index contributed by atoms with van der Waals surface area (Å²) in [5.74, 6) is 2.13. The SMILES string of the molecule is C=C(C)[C@@H]1CC[C@]2(COC(=O)[C@@H](N)CCCCN)CC[C@]3(C)[C@H](CC[C@@H]4[C@@]5(C)CC[C@H](OC(=O)[C@@H](N)CCCCN)C(C)(C)[C@@H]5CC[C@]43C)[C@@H]12. The Morgan fingerprint density at radius 2 is 1.38 bits per heavy atom. The van der Waals surface area contributed by atoms with Crippen LogP contribution in [0.3, 0.4) is 0 Å². The van der Waals surface area contributed by atoms with Gasteiger partial charge in [-0.1, -0.05) is 59.6 Å². The minimum atomic E-state index is -0.575. The number of allylic oxidation sites excluding steroid dienone is 1. The molecule has 5 fully saturated rings. The number of hydrogen-bond donors (Lipinski definition) is 4. The molecule has 8 N–H and O–H groups in total. The summed E-state index contributed by atoms with van der Waals surface area (Å²) in [6, 6.07) is -1.15. The van der Waals surface area contributed by atoms with Crippen molar-refractivity contribution in [2.45, 2.75) is 162 Å². The number of unbranched alkanes of at least 4 members (excludes halogenated alkanes) is 2. The largest absolute Gasteiger partial charge is 0.464 e. The molecule has 0 aromatic heterocycles. The molecule has 50 heavy (non-hydrogen) atoms. The second kappa shape index (κ2) is 15.1. The van der Waals surface area contributed by atoms with E-state index >= 15 is 0 Å². The van der Waals surface area contributed by atoms with Gasteiger partial charge in [0.25, 0.3) is 0 Å². The van der Waals surface area contributed by atoms with Crippen LogP contribution in [0.2, 0.25) is 0 Å². The van der Waals surface area contributed by atoms with Crippen LogP contribution in [-0.2, 0) is 19.1 Å². The lowest BCUT2D eigenvalue weighted by Gasteiger charge is -2.73. The van der Waals surface area contributed by atoms with Gasteiger partial charge in [0, 0.05) is 10.8 Å². The lowest BCUT2D eigenvalue weighted by Crippen LogP contribution is -2.67. The standard InChI is InChI=1S/C42H74N4O4/c1-27(2)28-16-21-42(26-49-36(47)30(45)12-8-10-24-43)23-22-40(6)29(35(28)42)14-15-33-39(5)19-18-34(50-37(48)31(46)13-9-11-25-44)38(3,4)32(39)17-20-41(33,40)7/h28-35H,1,8-26,43-46H2,2-7H3/t28-,29+,30-,31-,32-,33+,34-,35+,39-,40+,41+,42+/m0/s1. The van der Waals surface area contributed by atoms with E-state index in [-0.39, 0.29) is 45.1 Å². The van der Waals surface area contributed by atoms with Crippen molar-refractivity contribution in [1.82, 2.24) is 0 Å². The summed E-state index contributed by atoms with van der Waals surface area (Å²) in [4.78, 5) is 26.3. The molecule has 0 saturated heterocycles. The third-order valence-corrected chi connectivity index (χ3v) is 16.5. The zero-order chi connectivity index (χ0) is 36.7. The molecule has 0 aromatic rings. The predicted molar refractivity (Wildman–Crippen MR) is 202 cm³/mol. The number of carbonyl (C=O) groups is 2. The number of carbonyl (C=O) groups excluding carboxylic acids is 2. The van der Waals surface area contributed by atoms with Gasteiger partial charge in [0.2, 0.25) is 0 Å². The minimum absolute atomic E-state index is 0.000170. The van der Waals surface area contributed by atoms with Crippen LogP contribution in [0.15, 0.2) is 12.2 Å². The maximum atomic E-state index is 13.2. The van der Waals surface area contributed by atoms with E-state index in [2.05, 4.69) is 48.1 Å². The molecule has 8 heteroatoms. The Bertz CT molecular complexity index is 1240. The number of nitrogens with two attached hydrogens (primary N) is 4. The van der Waals surface area contributed by atoms with Crippen molar-refractivity contribution in [3.05, 3.63) is 12.2 Å². The fraction of sp³-hybridized carbons (Fsp3) is 0.905. The number of ether oxygens (including phenoxy) is 2. The number of rotatable bonds is 14. The maximum absolute atomic E-state index is 13.2. The molecular formula is C42H74N4O4. The molecular weight excluding hydrogens is 624 g/mol. The summed E-state index contributed by atoms with van der Waals surface area (Å²) in [7, 11) is 0. The summed E-state index contributed by atoms with van der Waals surface area (Å²) in [5.41, 5.74) is 25.7. The van der Waals surface area contributed by atoms with Crippen LogP contribution in [0.4, 0.5) is 0 Å². The Morgan fingerprint density at radius 3 is 2.00 bits per heavy atom. The van der Waals surface area contributed by atoms with Crippen molar-refractivity contribution in [2.75, 3.05) is 19.7 Å². The van der Waals surface area contributed by atoms with Crippen molar-refractivity contribution in [2.24, 2.45) is 79.6 Å². The van der Waals surface area contributed by atoms with Crippen LogP contribution in [-0.4, -0.2) is 49.8 Å². The van der Waals surface area contributed by atoms with Crippen LogP contribution in [0.1, 0.15) is 144 Å². The minimum Gasteiger partial charge on any atom is -0.464 e. The highest BCUT2D eigenvalue weighted by Gasteiger charge is 2.71. The Kier molecular flexibility index (Phi) is 12.0. The van der Waals surface area contributed by atoms with Gasteiger partial charge in [-0.3, -0.25) is 9.59 Å². The summed E-state index contributed by atoms with van der Waals surface area (Å²) >= 11 is 0. The average molecular weight is 699 g/mol. The predicted octanol–water partition coefficient (Wildman–Crippen LogP) is 7.01. The first-order chi connectivity index (χ1) is 23.5. The zero-order valence-corrected chi connectivity index (χ0v) is 32.7. The molecule has 5 rings (SSSR count). The zero-order valence-electron chi connectivity index (χ0n) is 32.7. The third-order valence-electron chi connectivity index (χ3n) is 16.5. The number of esters is 2. The first-order valence-electron chi connectivity index (χ1n) is 20.5. The molecule has 8 nitrogen and oxygen atoms in total. The molecule has 0 spiro atoms. The van der Waals surface area contributed by atoms with Gasteiger partial charge in [-0.2, -0.15) is 0 Å². The molecule has 5 aliphatic carbocycles. The molecule has 0 aromatic carbocycles. The van der Waals surface area contributed by atoms with Crippen LogP contribution >= 0.6 is 0 Å². The second-order valence-electron chi connectivity index (χ2n) is 19.2. The van der Waals surface area contributed by atoms with Crippen molar-refractivity contribution in [3.63, 3.8) is 0 Å². The first kappa shape index (κ1) is 39.7. The van der Waals surface area contributed by atoms with Crippen molar-refractivity contribution < 1.29 is 19.1 Å². The van der Waals surface area contributed by atoms with Crippen LogP contribution in [0.5, 0.6) is 0 Å². The highest BCUT2D eigenvalue weighted by atomic mass is 16.5. The van der Waals surface area contributed by atoms with Crippen molar-refractivity contribution in [3.8, 4) is 0 Å². The van der Waals surface area contributed by atoms with E-state index in [0.29, 0.717) is 62.1 Å². The van der Waals surface area contributed by atoms with Gasteiger partial charge >= 0.3 is 11.9 Å². The summed E-state index contributed by atoms with van der Waals surface area (Å²) in [6.07, 6.45) is 15.9. The van der Waals surface area contributed by atoms with Gasteiger partial charge in [0.1, 0.15) is 18.2 Å². The fourth-order valence-electron chi connectivity index (χ4n) is 13.5. The number of fused-ring (bicyclic) bond motifs is 7. The normalized spacial score (nSPS) is 41.5. The van der Waals surface area contributed by atoms with E-state index in [0.717, 1.165) is 64.2 Å². The van der Waals surface area contributed by atoms with Crippen LogP contribution in [0.25, 0.3) is 0 Å². The molecule has 0 amide bonds. The molecule has 12 atom stereocenters. The second-order valence-corrected chi connectivity index (χ2v) is 19.2. The molecule has 0 unspecified atom stereocenters. The first-order valence-corrected chi connectivity index (χ1v) is 20.5. The van der Waals surface area contributed by atoms with Crippen molar-refractivity contribution in [1.29, 1.82) is 0 Å². The molecule has 5 saturated carbocycles. The van der Waals surface area contributed by atoms with Gasteiger partial charge in [-0.05, 0) is 156 Å².